The SMILES string of the molecule is O=Cc1ccc(OCC(=O)Nc2ccc(CC(=O)O)cc2)cc1. The van der Waals surface area contributed by atoms with E-state index in [1.807, 2.05) is 0 Å². The number of hydrogen-bond donors (Lipinski definition) is 2. The maximum absolute atomic E-state index is 11.8. The third-order valence-corrected chi connectivity index (χ3v) is 2.98. The number of amides is 1. The molecule has 0 aliphatic carbocycles. The van der Waals surface area contributed by atoms with Crippen molar-refractivity contribution in [1.82, 2.24) is 0 Å². The third kappa shape index (κ3) is 5.28. The highest BCUT2D eigenvalue weighted by molar-refractivity contribution is 5.91. The molecular weight excluding hydrogens is 298 g/mol. The lowest BCUT2D eigenvalue weighted by molar-refractivity contribution is -0.136. The number of nitrogens with one attached hydrogen (secondary N) is 1. The summed E-state index contributed by atoms with van der Waals surface area (Å²) in [5.74, 6) is -0.756. The summed E-state index contributed by atoms with van der Waals surface area (Å²) < 4.78 is 5.31. The quantitative estimate of drug-likeness (QED) is 0.764. The molecule has 0 aromatic heterocycles. The Labute approximate surface area is 132 Å². The Hall–Kier alpha value is -3.15. The standard InChI is InChI=1S/C17H15NO5/c19-10-13-3-7-15(8-4-13)23-11-16(20)18-14-5-1-12(2-6-14)9-17(21)22/h1-8,10H,9,11H2,(H,18,20)(H,21,22). The second-order valence-electron chi connectivity index (χ2n) is 4.79. The van der Waals surface area contributed by atoms with Gasteiger partial charge in [-0.3, -0.25) is 14.4 Å². The second-order valence-corrected chi connectivity index (χ2v) is 4.79. The summed E-state index contributed by atoms with van der Waals surface area (Å²) in [6.07, 6.45) is 0.665. The zero-order valence-electron chi connectivity index (χ0n) is 12.2. The number of carbonyl (C=O) groups excluding carboxylic acids is 2. The molecule has 2 aromatic carbocycles. The highest BCUT2D eigenvalue weighted by atomic mass is 16.5. The van der Waals surface area contributed by atoms with Gasteiger partial charge < -0.3 is 15.2 Å². The van der Waals surface area contributed by atoms with Crippen molar-refractivity contribution in [3.05, 3.63) is 59.7 Å². The molecule has 0 saturated carbocycles. The maximum atomic E-state index is 11.8. The van der Waals surface area contributed by atoms with Crippen molar-refractivity contribution in [3.8, 4) is 5.75 Å². The first kappa shape index (κ1) is 16.2. The number of anilines is 1. The van der Waals surface area contributed by atoms with E-state index in [9.17, 15) is 14.4 Å². The molecule has 118 valence electrons. The van der Waals surface area contributed by atoms with Crippen LogP contribution in [0.1, 0.15) is 15.9 Å². The van der Waals surface area contributed by atoms with Crippen LogP contribution in [-0.2, 0) is 16.0 Å². The van der Waals surface area contributed by atoms with Crippen molar-refractivity contribution in [2.24, 2.45) is 0 Å². The Balaban J connectivity index is 1.84. The van der Waals surface area contributed by atoms with Crippen LogP contribution in [0.5, 0.6) is 5.75 Å². The van der Waals surface area contributed by atoms with Crippen LogP contribution in [-0.4, -0.2) is 29.9 Å². The third-order valence-electron chi connectivity index (χ3n) is 2.98. The molecule has 2 N–H and O–H groups in total. The highest BCUT2D eigenvalue weighted by Crippen LogP contribution is 2.12. The van der Waals surface area contributed by atoms with Gasteiger partial charge in [-0.15, -0.1) is 0 Å². The van der Waals surface area contributed by atoms with Gasteiger partial charge in [0.2, 0.25) is 0 Å². The van der Waals surface area contributed by atoms with Crippen LogP contribution in [0.4, 0.5) is 5.69 Å². The van der Waals surface area contributed by atoms with Crippen LogP contribution in [0, 0.1) is 0 Å². The van der Waals surface area contributed by atoms with Gasteiger partial charge in [0.25, 0.3) is 5.91 Å². The van der Waals surface area contributed by atoms with E-state index in [1.54, 1.807) is 48.5 Å². The van der Waals surface area contributed by atoms with E-state index in [1.165, 1.54) is 0 Å². The Bertz CT molecular complexity index is 692. The Morgan fingerprint density at radius 1 is 1.04 bits per heavy atom. The monoisotopic (exact) mass is 313 g/mol. The van der Waals surface area contributed by atoms with Crippen LogP contribution in [0.2, 0.25) is 0 Å². The topological polar surface area (TPSA) is 92.7 Å². The first-order valence-corrected chi connectivity index (χ1v) is 6.85. The molecule has 6 nitrogen and oxygen atoms in total. The van der Waals surface area contributed by atoms with Gasteiger partial charge in [0.15, 0.2) is 6.61 Å². The summed E-state index contributed by atoms with van der Waals surface area (Å²) in [7, 11) is 0. The van der Waals surface area contributed by atoms with Gasteiger partial charge in [0.1, 0.15) is 12.0 Å². The molecule has 23 heavy (non-hydrogen) atoms. The van der Waals surface area contributed by atoms with E-state index in [0.29, 0.717) is 22.6 Å². The van der Waals surface area contributed by atoms with Crippen LogP contribution >= 0.6 is 0 Å². The van der Waals surface area contributed by atoms with Gasteiger partial charge in [0.05, 0.1) is 6.42 Å². The zero-order chi connectivity index (χ0) is 16.7. The second kappa shape index (κ2) is 7.74. The Morgan fingerprint density at radius 2 is 1.70 bits per heavy atom. The number of carboxylic acid groups (broad SMARTS) is 1. The van der Waals surface area contributed by atoms with Gasteiger partial charge in [-0.2, -0.15) is 0 Å². The maximum Gasteiger partial charge on any atom is 0.307 e. The molecule has 0 bridgehead atoms. The number of aliphatic carboxylic acids is 1. The molecule has 0 atom stereocenters. The van der Waals surface area contributed by atoms with Gasteiger partial charge >= 0.3 is 5.97 Å². The molecule has 1 amide bonds. The predicted octanol–water partition coefficient (Wildman–Crippen LogP) is 2.14. The van der Waals surface area contributed by atoms with Gasteiger partial charge in [-0.25, -0.2) is 0 Å². The van der Waals surface area contributed by atoms with Gasteiger partial charge in [-0.05, 0) is 42.0 Å². The van der Waals surface area contributed by atoms with Crippen molar-refractivity contribution in [2.75, 3.05) is 11.9 Å². The fourth-order valence-corrected chi connectivity index (χ4v) is 1.87. The number of ether oxygens (including phenoxy) is 1. The summed E-state index contributed by atoms with van der Waals surface area (Å²) in [4.78, 5) is 32.9. The van der Waals surface area contributed by atoms with Crippen molar-refractivity contribution < 1.29 is 24.2 Å². The molecule has 0 aliphatic rings. The molecule has 2 rings (SSSR count). The summed E-state index contributed by atoms with van der Waals surface area (Å²) in [6, 6.07) is 13.0. The minimum absolute atomic E-state index is 0.0614. The zero-order valence-corrected chi connectivity index (χ0v) is 12.2. The Kier molecular flexibility index (Phi) is 5.46. The average molecular weight is 313 g/mol. The number of carbonyl (C=O) groups is 3. The lowest BCUT2D eigenvalue weighted by atomic mass is 10.1. The van der Waals surface area contributed by atoms with Crippen LogP contribution in [0.25, 0.3) is 0 Å². The van der Waals surface area contributed by atoms with Crippen molar-refractivity contribution in [3.63, 3.8) is 0 Å². The number of aldehydes is 1. The molecule has 0 heterocycles. The predicted molar refractivity (Wildman–Crippen MR) is 83.7 cm³/mol. The van der Waals surface area contributed by atoms with Crippen LogP contribution in [0.15, 0.2) is 48.5 Å². The smallest absolute Gasteiger partial charge is 0.307 e. The van der Waals surface area contributed by atoms with Crippen LogP contribution in [0.3, 0.4) is 0 Å². The Morgan fingerprint density at radius 3 is 2.26 bits per heavy atom. The van der Waals surface area contributed by atoms with E-state index in [2.05, 4.69) is 5.32 Å². The molecular formula is C17H15NO5. The fourth-order valence-electron chi connectivity index (χ4n) is 1.87. The van der Waals surface area contributed by atoms with E-state index in [-0.39, 0.29) is 18.9 Å². The molecule has 0 saturated heterocycles. The number of benzene rings is 2. The van der Waals surface area contributed by atoms with E-state index in [4.69, 9.17) is 9.84 Å². The average Bonchev–Trinajstić information content (AvgIpc) is 2.55. The number of carboxylic acids is 1. The number of rotatable bonds is 7. The molecule has 6 heteroatoms. The molecule has 0 radical (unpaired) electrons. The lowest BCUT2D eigenvalue weighted by Gasteiger charge is -2.08. The molecule has 0 unspecified atom stereocenters. The highest BCUT2D eigenvalue weighted by Gasteiger charge is 2.05. The van der Waals surface area contributed by atoms with Crippen molar-refractivity contribution in [2.45, 2.75) is 6.42 Å². The minimum Gasteiger partial charge on any atom is -0.484 e. The first-order chi connectivity index (χ1) is 11.1. The van der Waals surface area contributed by atoms with E-state index in [0.717, 1.165) is 6.29 Å². The lowest BCUT2D eigenvalue weighted by Crippen LogP contribution is -2.20. The molecule has 2 aromatic rings. The summed E-state index contributed by atoms with van der Waals surface area (Å²) >= 11 is 0. The van der Waals surface area contributed by atoms with Crippen LogP contribution < -0.4 is 10.1 Å². The first-order valence-electron chi connectivity index (χ1n) is 6.85. The molecule has 0 spiro atoms. The fraction of sp³-hybridized carbons (Fsp3) is 0.118. The minimum atomic E-state index is -0.907. The largest absolute Gasteiger partial charge is 0.484 e. The van der Waals surface area contributed by atoms with Crippen molar-refractivity contribution in [1.29, 1.82) is 0 Å². The van der Waals surface area contributed by atoms with Crippen molar-refractivity contribution >= 4 is 23.9 Å². The van der Waals surface area contributed by atoms with E-state index < -0.39 is 5.97 Å². The normalized spacial score (nSPS) is 9.91. The summed E-state index contributed by atoms with van der Waals surface area (Å²) in [6.45, 7) is -0.169. The molecule has 0 aliphatic heterocycles. The molecule has 0 fully saturated rings. The summed E-state index contributed by atoms with van der Waals surface area (Å²) in [5, 5.41) is 11.3. The van der Waals surface area contributed by atoms with Gasteiger partial charge in [-0.1, -0.05) is 12.1 Å². The van der Waals surface area contributed by atoms with Gasteiger partial charge in [0, 0.05) is 11.3 Å². The summed E-state index contributed by atoms with van der Waals surface area (Å²) in [5.41, 5.74) is 1.74. The number of hydrogen-bond acceptors (Lipinski definition) is 4. The van der Waals surface area contributed by atoms with E-state index >= 15 is 0 Å².